The van der Waals surface area contributed by atoms with Gasteiger partial charge in [-0.1, -0.05) is 23.7 Å². The molecule has 0 radical (unpaired) electrons. The van der Waals surface area contributed by atoms with E-state index in [-0.39, 0.29) is 23.6 Å². The number of carbonyl (C=O) groups excluding carboxylic acids is 2. The molecular weight excluding hydrogens is 344 g/mol. The van der Waals surface area contributed by atoms with Gasteiger partial charge >= 0.3 is 0 Å². The van der Waals surface area contributed by atoms with Crippen LogP contribution >= 0.6 is 23.4 Å². The maximum absolute atomic E-state index is 12.5. The summed E-state index contributed by atoms with van der Waals surface area (Å²) in [5.74, 6) is -0.00346. The van der Waals surface area contributed by atoms with Gasteiger partial charge in [-0.05, 0) is 50.2 Å². The number of amides is 2. The van der Waals surface area contributed by atoms with Crippen LogP contribution in [-0.4, -0.2) is 23.6 Å². The third kappa shape index (κ3) is 5.58. The topological polar surface area (TPSA) is 58.2 Å². The van der Waals surface area contributed by atoms with E-state index in [0.29, 0.717) is 16.3 Å². The van der Waals surface area contributed by atoms with Gasteiger partial charge in [-0.2, -0.15) is 0 Å². The molecule has 0 aliphatic heterocycles. The minimum absolute atomic E-state index is 0.0529. The fourth-order valence-corrected chi connectivity index (χ4v) is 3.01. The van der Waals surface area contributed by atoms with Crippen LogP contribution in [-0.2, 0) is 4.79 Å². The average molecular weight is 363 g/mol. The van der Waals surface area contributed by atoms with E-state index in [9.17, 15) is 9.59 Å². The van der Waals surface area contributed by atoms with E-state index in [0.717, 1.165) is 4.90 Å². The number of carbonyl (C=O) groups is 2. The molecule has 6 heteroatoms. The normalized spacial score (nSPS) is 10.5. The van der Waals surface area contributed by atoms with Crippen molar-refractivity contribution >= 4 is 40.9 Å². The molecule has 24 heavy (non-hydrogen) atoms. The number of nitrogens with one attached hydrogen (secondary N) is 2. The van der Waals surface area contributed by atoms with Gasteiger partial charge in [-0.3, -0.25) is 9.59 Å². The lowest BCUT2D eigenvalue weighted by Gasteiger charge is -2.11. The predicted octanol–water partition coefficient (Wildman–Crippen LogP) is 4.21. The molecule has 2 rings (SSSR count). The molecule has 0 atom stereocenters. The van der Waals surface area contributed by atoms with Crippen LogP contribution in [0.1, 0.15) is 24.2 Å². The summed E-state index contributed by atoms with van der Waals surface area (Å²) in [4.78, 5) is 25.0. The van der Waals surface area contributed by atoms with Gasteiger partial charge in [0, 0.05) is 21.6 Å². The van der Waals surface area contributed by atoms with E-state index >= 15 is 0 Å². The second-order valence-corrected chi connectivity index (χ2v) is 6.92. The van der Waals surface area contributed by atoms with Crippen LogP contribution < -0.4 is 10.6 Å². The fraction of sp³-hybridized carbons (Fsp3) is 0.222. The molecule has 0 aliphatic carbocycles. The largest absolute Gasteiger partial charge is 0.353 e. The first-order chi connectivity index (χ1) is 11.5. The third-order valence-corrected chi connectivity index (χ3v) is 4.37. The van der Waals surface area contributed by atoms with Crippen molar-refractivity contribution in [3.63, 3.8) is 0 Å². The Bertz CT molecular complexity index is 717. The van der Waals surface area contributed by atoms with E-state index in [1.54, 1.807) is 36.4 Å². The highest BCUT2D eigenvalue weighted by Crippen LogP contribution is 2.24. The Morgan fingerprint density at radius 3 is 2.42 bits per heavy atom. The zero-order valence-electron chi connectivity index (χ0n) is 13.5. The number of benzene rings is 2. The molecule has 0 saturated carbocycles. The zero-order valence-corrected chi connectivity index (χ0v) is 15.1. The zero-order chi connectivity index (χ0) is 17.5. The van der Waals surface area contributed by atoms with E-state index in [1.807, 2.05) is 26.0 Å². The summed E-state index contributed by atoms with van der Waals surface area (Å²) in [6.07, 6.45) is 0. The van der Waals surface area contributed by atoms with Gasteiger partial charge in [-0.15, -0.1) is 11.8 Å². The maximum atomic E-state index is 12.5. The standard InChI is InChI=1S/C18H19ClN2O2S/c1-12(2)20-17(22)11-24-16-6-4-3-5-15(16)18(23)21-14-9-7-13(19)8-10-14/h3-10,12H,11H2,1-2H3,(H,20,22)(H,21,23). The van der Waals surface area contributed by atoms with E-state index < -0.39 is 0 Å². The van der Waals surface area contributed by atoms with Crippen molar-refractivity contribution in [2.24, 2.45) is 0 Å². The van der Waals surface area contributed by atoms with Gasteiger partial charge in [0.2, 0.25) is 5.91 Å². The minimum atomic E-state index is -0.218. The number of thioether (sulfide) groups is 1. The Labute approximate surface area is 151 Å². The molecule has 2 aromatic carbocycles. The fourth-order valence-electron chi connectivity index (χ4n) is 2.02. The van der Waals surface area contributed by atoms with Gasteiger partial charge in [0.05, 0.1) is 11.3 Å². The van der Waals surface area contributed by atoms with Crippen LogP contribution in [0.5, 0.6) is 0 Å². The molecule has 2 N–H and O–H groups in total. The van der Waals surface area contributed by atoms with Crippen molar-refractivity contribution in [3.05, 3.63) is 59.1 Å². The van der Waals surface area contributed by atoms with Crippen molar-refractivity contribution < 1.29 is 9.59 Å². The number of hydrogen-bond acceptors (Lipinski definition) is 3. The van der Waals surface area contributed by atoms with Crippen molar-refractivity contribution in [1.29, 1.82) is 0 Å². The Hall–Kier alpha value is -1.98. The first-order valence-corrected chi connectivity index (χ1v) is 8.90. The summed E-state index contributed by atoms with van der Waals surface area (Å²) in [6.45, 7) is 3.83. The highest BCUT2D eigenvalue weighted by molar-refractivity contribution is 8.00. The van der Waals surface area contributed by atoms with Crippen molar-refractivity contribution in [1.82, 2.24) is 5.32 Å². The van der Waals surface area contributed by atoms with E-state index in [1.165, 1.54) is 11.8 Å². The van der Waals surface area contributed by atoms with Crippen LogP contribution in [0.15, 0.2) is 53.4 Å². The minimum Gasteiger partial charge on any atom is -0.353 e. The van der Waals surface area contributed by atoms with Crippen LogP contribution in [0.25, 0.3) is 0 Å². The molecule has 2 aromatic rings. The number of rotatable bonds is 6. The molecule has 0 aromatic heterocycles. The summed E-state index contributed by atoms with van der Waals surface area (Å²) >= 11 is 7.19. The Balaban J connectivity index is 2.05. The lowest BCUT2D eigenvalue weighted by Crippen LogP contribution is -2.31. The third-order valence-electron chi connectivity index (χ3n) is 3.04. The Kier molecular flexibility index (Phi) is 6.70. The molecule has 2 amide bonds. The van der Waals surface area contributed by atoms with Gasteiger partial charge in [0.1, 0.15) is 0 Å². The van der Waals surface area contributed by atoms with Crippen LogP contribution in [0.4, 0.5) is 5.69 Å². The van der Waals surface area contributed by atoms with Crippen molar-refractivity contribution in [2.45, 2.75) is 24.8 Å². The average Bonchev–Trinajstić information content (AvgIpc) is 2.54. The van der Waals surface area contributed by atoms with Crippen molar-refractivity contribution in [3.8, 4) is 0 Å². The number of hydrogen-bond donors (Lipinski definition) is 2. The van der Waals surface area contributed by atoms with Gasteiger partial charge in [0.15, 0.2) is 0 Å². The highest BCUT2D eigenvalue weighted by Gasteiger charge is 2.13. The number of anilines is 1. The molecule has 0 aliphatic rings. The molecular formula is C18H19ClN2O2S. The molecule has 0 spiro atoms. The molecule has 0 unspecified atom stereocenters. The summed E-state index contributed by atoms with van der Waals surface area (Å²) < 4.78 is 0. The second-order valence-electron chi connectivity index (χ2n) is 5.47. The maximum Gasteiger partial charge on any atom is 0.256 e. The molecule has 126 valence electrons. The smallest absolute Gasteiger partial charge is 0.256 e. The quantitative estimate of drug-likeness (QED) is 0.757. The first-order valence-electron chi connectivity index (χ1n) is 7.54. The molecule has 4 nitrogen and oxygen atoms in total. The summed E-state index contributed by atoms with van der Waals surface area (Å²) in [5, 5.41) is 6.28. The van der Waals surface area contributed by atoms with Gasteiger partial charge in [0.25, 0.3) is 5.91 Å². The van der Waals surface area contributed by atoms with E-state index in [2.05, 4.69) is 10.6 Å². The second kappa shape index (κ2) is 8.76. The molecule has 0 saturated heterocycles. The Morgan fingerprint density at radius 1 is 1.08 bits per heavy atom. The molecule has 0 fully saturated rings. The predicted molar refractivity (Wildman–Crippen MR) is 99.8 cm³/mol. The monoisotopic (exact) mass is 362 g/mol. The molecule has 0 heterocycles. The highest BCUT2D eigenvalue weighted by atomic mass is 35.5. The summed E-state index contributed by atoms with van der Waals surface area (Å²) in [6, 6.07) is 14.2. The summed E-state index contributed by atoms with van der Waals surface area (Å²) in [7, 11) is 0. The molecule has 0 bridgehead atoms. The van der Waals surface area contributed by atoms with Crippen molar-refractivity contribution in [2.75, 3.05) is 11.1 Å². The lowest BCUT2D eigenvalue weighted by atomic mass is 10.2. The van der Waals surface area contributed by atoms with Crippen LogP contribution in [0, 0.1) is 0 Å². The van der Waals surface area contributed by atoms with E-state index in [4.69, 9.17) is 11.6 Å². The first kappa shape index (κ1) is 18.4. The van der Waals surface area contributed by atoms with Gasteiger partial charge in [-0.25, -0.2) is 0 Å². The number of halogens is 1. The SMILES string of the molecule is CC(C)NC(=O)CSc1ccccc1C(=O)Nc1ccc(Cl)cc1. The summed E-state index contributed by atoms with van der Waals surface area (Å²) in [5.41, 5.74) is 1.21. The van der Waals surface area contributed by atoms with Crippen LogP contribution in [0.3, 0.4) is 0 Å². The van der Waals surface area contributed by atoms with Gasteiger partial charge < -0.3 is 10.6 Å². The van der Waals surface area contributed by atoms with Crippen LogP contribution in [0.2, 0.25) is 5.02 Å². The lowest BCUT2D eigenvalue weighted by molar-refractivity contribution is -0.119. The Morgan fingerprint density at radius 2 is 1.75 bits per heavy atom.